The van der Waals surface area contributed by atoms with Crippen LogP contribution in [0, 0.1) is 10.1 Å². The number of nitro benzene ring substituents is 1. The Balaban J connectivity index is 1.49. The number of rotatable bonds is 5. The lowest BCUT2D eigenvalue weighted by molar-refractivity contribution is -0.384. The predicted octanol–water partition coefficient (Wildman–Crippen LogP) is 0.631. The van der Waals surface area contributed by atoms with Gasteiger partial charge in [-0.3, -0.25) is 24.6 Å². The first-order valence-electron chi connectivity index (χ1n) is 8.08. The lowest BCUT2D eigenvalue weighted by Crippen LogP contribution is -2.51. The van der Waals surface area contributed by atoms with Crippen LogP contribution in [0.1, 0.15) is 23.2 Å². The number of non-ortho nitro benzene ring substituents is 1. The Morgan fingerprint density at radius 2 is 1.75 bits per heavy atom. The maximum atomic E-state index is 12.4. The minimum absolute atomic E-state index is 0.0296. The van der Waals surface area contributed by atoms with Crippen molar-refractivity contribution in [3.8, 4) is 0 Å². The van der Waals surface area contributed by atoms with Crippen LogP contribution in [0.2, 0.25) is 0 Å². The zero-order valence-electron chi connectivity index (χ0n) is 13.3. The topological polar surface area (TPSA) is 95.8 Å². The molecule has 8 heteroatoms. The van der Waals surface area contributed by atoms with E-state index >= 15 is 0 Å². The molecule has 1 saturated carbocycles. The van der Waals surface area contributed by atoms with E-state index in [9.17, 15) is 19.7 Å². The highest BCUT2D eigenvalue weighted by atomic mass is 16.6. The molecule has 1 N–H and O–H groups in total. The molecule has 0 unspecified atom stereocenters. The summed E-state index contributed by atoms with van der Waals surface area (Å²) < 4.78 is 0. The van der Waals surface area contributed by atoms with E-state index in [0.717, 1.165) is 12.8 Å². The molecule has 1 aliphatic carbocycles. The fraction of sp³-hybridized carbons (Fsp3) is 0.500. The van der Waals surface area contributed by atoms with Gasteiger partial charge in [-0.05, 0) is 25.0 Å². The van der Waals surface area contributed by atoms with Crippen molar-refractivity contribution in [2.45, 2.75) is 18.9 Å². The number of nitro groups is 1. The first kappa shape index (κ1) is 16.4. The van der Waals surface area contributed by atoms with E-state index in [1.54, 1.807) is 4.90 Å². The Morgan fingerprint density at radius 1 is 1.12 bits per heavy atom. The molecular formula is C16H20N4O4. The quantitative estimate of drug-likeness (QED) is 0.630. The summed E-state index contributed by atoms with van der Waals surface area (Å²) in [5.74, 6) is -0.0837. The maximum absolute atomic E-state index is 12.4. The molecule has 128 valence electrons. The van der Waals surface area contributed by atoms with Crippen LogP contribution >= 0.6 is 0 Å². The van der Waals surface area contributed by atoms with E-state index in [1.165, 1.54) is 24.3 Å². The molecule has 1 aromatic carbocycles. The fourth-order valence-corrected chi connectivity index (χ4v) is 2.72. The largest absolute Gasteiger partial charge is 0.352 e. The van der Waals surface area contributed by atoms with Crippen molar-refractivity contribution in [3.63, 3.8) is 0 Å². The highest BCUT2D eigenvalue weighted by molar-refractivity contribution is 5.94. The van der Waals surface area contributed by atoms with Crippen LogP contribution in [0.25, 0.3) is 0 Å². The normalized spacial score (nSPS) is 18.2. The van der Waals surface area contributed by atoms with Gasteiger partial charge in [-0.25, -0.2) is 0 Å². The van der Waals surface area contributed by atoms with E-state index in [4.69, 9.17) is 0 Å². The summed E-state index contributed by atoms with van der Waals surface area (Å²) in [6.45, 7) is 2.77. The summed E-state index contributed by atoms with van der Waals surface area (Å²) in [4.78, 5) is 38.1. The third-order valence-electron chi connectivity index (χ3n) is 4.29. The monoisotopic (exact) mass is 332 g/mol. The molecule has 3 rings (SSSR count). The van der Waals surface area contributed by atoms with Gasteiger partial charge in [0.15, 0.2) is 0 Å². The second-order valence-electron chi connectivity index (χ2n) is 6.21. The van der Waals surface area contributed by atoms with E-state index in [1.807, 2.05) is 4.90 Å². The highest BCUT2D eigenvalue weighted by Crippen LogP contribution is 2.18. The molecule has 2 fully saturated rings. The van der Waals surface area contributed by atoms with Crippen LogP contribution in [0.3, 0.4) is 0 Å². The number of hydrogen-bond acceptors (Lipinski definition) is 5. The van der Waals surface area contributed by atoms with Crippen LogP contribution in [-0.2, 0) is 4.79 Å². The summed E-state index contributed by atoms with van der Waals surface area (Å²) in [6, 6.07) is 6.01. The molecular weight excluding hydrogens is 312 g/mol. The van der Waals surface area contributed by atoms with Crippen LogP contribution in [0.5, 0.6) is 0 Å². The lowest BCUT2D eigenvalue weighted by atomic mass is 10.1. The third-order valence-corrected chi connectivity index (χ3v) is 4.29. The van der Waals surface area contributed by atoms with Crippen molar-refractivity contribution < 1.29 is 14.5 Å². The van der Waals surface area contributed by atoms with Crippen molar-refractivity contribution in [2.75, 3.05) is 32.7 Å². The number of benzene rings is 1. The molecule has 1 heterocycles. The SMILES string of the molecule is O=C(CN1CCN(C(=O)c2ccc([N+](=O)[O-])cc2)CC1)NC1CC1. The number of amides is 2. The van der Waals surface area contributed by atoms with E-state index in [0.29, 0.717) is 44.3 Å². The summed E-state index contributed by atoms with van der Waals surface area (Å²) >= 11 is 0. The van der Waals surface area contributed by atoms with Crippen LogP contribution in [-0.4, -0.2) is 65.3 Å². The van der Waals surface area contributed by atoms with Gasteiger partial charge < -0.3 is 10.2 Å². The number of nitrogens with one attached hydrogen (secondary N) is 1. The summed E-state index contributed by atoms with van der Waals surface area (Å²) in [5.41, 5.74) is 0.415. The molecule has 0 aromatic heterocycles. The minimum Gasteiger partial charge on any atom is -0.352 e. The molecule has 2 amide bonds. The zero-order chi connectivity index (χ0) is 17.1. The van der Waals surface area contributed by atoms with Crippen molar-refractivity contribution in [1.29, 1.82) is 0 Å². The van der Waals surface area contributed by atoms with Gasteiger partial charge in [0.1, 0.15) is 0 Å². The molecule has 0 spiro atoms. The summed E-state index contributed by atoms with van der Waals surface area (Å²) in [5, 5.41) is 13.6. The smallest absolute Gasteiger partial charge is 0.269 e. The first-order valence-corrected chi connectivity index (χ1v) is 8.08. The molecule has 24 heavy (non-hydrogen) atoms. The van der Waals surface area contributed by atoms with Gasteiger partial charge in [0.2, 0.25) is 5.91 Å². The molecule has 1 aliphatic heterocycles. The van der Waals surface area contributed by atoms with Gasteiger partial charge >= 0.3 is 0 Å². The van der Waals surface area contributed by atoms with E-state index in [-0.39, 0.29) is 17.5 Å². The molecule has 1 saturated heterocycles. The van der Waals surface area contributed by atoms with Crippen molar-refractivity contribution >= 4 is 17.5 Å². The van der Waals surface area contributed by atoms with Gasteiger partial charge in [0.05, 0.1) is 11.5 Å². The molecule has 1 aromatic rings. The lowest BCUT2D eigenvalue weighted by Gasteiger charge is -2.34. The third kappa shape index (κ3) is 4.08. The second kappa shape index (κ2) is 6.96. The van der Waals surface area contributed by atoms with E-state index in [2.05, 4.69) is 5.32 Å². The zero-order valence-corrected chi connectivity index (χ0v) is 13.3. The number of hydrogen-bond donors (Lipinski definition) is 1. The van der Waals surface area contributed by atoms with Crippen molar-refractivity contribution in [1.82, 2.24) is 15.1 Å². The molecule has 2 aliphatic rings. The number of piperazine rings is 1. The van der Waals surface area contributed by atoms with Gasteiger partial charge in [-0.2, -0.15) is 0 Å². The van der Waals surface area contributed by atoms with Crippen molar-refractivity contribution in [3.05, 3.63) is 39.9 Å². The Bertz CT molecular complexity index is 634. The fourth-order valence-electron chi connectivity index (χ4n) is 2.72. The van der Waals surface area contributed by atoms with E-state index < -0.39 is 4.92 Å². The Labute approximate surface area is 139 Å². The predicted molar refractivity (Wildman–Crippen MR) is 86.6 cm³/mol. The maximum Gasteiger partial charge on any atom is 0.269 e. The average Bonchev–Trinajstić information content (AvgIpc) is 3.39. The summed E-state index contributed by atoms with van der Waals surface area (Å²) in [6.07, 6.45) is 2.15. The Hall–Kier alpha value is -2.48. The first-order chi connectivity index (χ1) is 11.5. The van der Waals surface area contributed by atoms with Gasteiger partial charge in [0.25, 0.3) is 11.6 Å². The minimum atomic E-state index is -0.486. The Kier molecular flexibility index (Phi) is 4.75. The Morgan fingerprint density at radius 3 is 2.29 bits per heavy atom. The van der Waals surface area contributed by atoms with Crippen LogP contribution in [0.4, 0.5) is 5.69 Å². The molecule has 0 atom stereocenters. The van der Waals surface area contributed by atoms with Gasteiger partial charge in [-0.15, -0.1) is 0 Å². The molecule has 0 bridgehead atoms. The molecule has 0 radical (unpaired) electrons. The second-order valence-corrected chi connectivity index (χ2v) is 6.21. The summed E-state index contributed by atoms with van der Waals surface area (Å²) in [7, 11) is 0. The average molecular weight is 332 g/mol. The number of carbonyl (C=O) groups excluding carboxylic acids is 2. The van der Waals surface area contributed by atoms with Crippen LogP contribution in [0.15, 0.2) is 24.3 Å². The van der Waals surface area contributed by atoms with Gasteiger partial charge in [0, 0.05) is 49.9 Å². The van der Waals surface area contributed by atoms with Crippen molar-refractivity contribution in [2.24, 2.45) is 0 Å². The highest BCUT2D eigenvalue weighted by Gasteiger charge is 2.26. The standard InChI is InChI=1S/C16H20N4O4/c21-15(17-13-3-4-13)11-18-7-9-19(10-8-18)16(22)12-1-5-14(6-2-12)20(23)24/h1-2,5-6,13H,3-4,7-11H2,(H,17,21). The molecule has 8 nitrogen and oxygen atoms in total. The van der Waals surface area contributed by atoms with Gasteiger partial charge in [-0.1, -0.05) is 0 Å². The number of carbonyl (C=O) groups is 2. The van der Waals surface area contributed by atoms with Crippen LogP contribution < -0.4 is 5.32 Å². The number of nitrogens with zero attached hydrogens (tertiary/aromatic N) is 3.